The molecule has 1 aromatic carbocycles. The number of fused-ring (bicyclic) bond motifs is 1. The zero-order valence-corrected chi connectivity index (χ0v) is 14.1. The van der Waals surface area contributed by atoms with Crippen LogP contribution < -0.4 is 0 Å². The molecule has 0 radical (unpaired) electrons. The van der Waals surface area contributed by atoms with Crippen LogP contribution in [0.2, 0.25) is 0 Å². The van der Waals surface area contributed by atoms with Crippen molar-refractivity contribution in [2.24, 2.45) is 0 Å². The maximum atomic E-state index is 4.68. The summed E-state index contributed by atoms with van der Waals surface area (Å²) >= 11 is 2.34. The Morgan fingerprint density at radius 3 is 2.55 bits per heavy atom. The number of nitrogens with zero attached hydrogens (tertiary/aromatic N) is 3. The van der Waals surface area contributed by atoms with E-state index in [0.29, 0.717) is 0 Å². The Bertz CT molecular complexity index is 556. The van der Waals surface area contributed by atoms with Gasteiger partial charge in [0.1, 0.15) is 3.70 Å². The molecule has 0 bridgehead atoms. The zero-order chi connectivity index (χ0) is 13.8. The summed E-state index contributed by atoms with van der Waals surface area (Å²) in [7, 11) is 0. The Kier molecular flexibility index (Phi) is 4.94. The molecule has 0 saturated carbocycles. The van der Waals surface area contributed by atoms with Gasteiger partial charge in [-0.3, -0.25) is 4.68 Å². The van der Waals surface area contributed by atoms with Crippen molar-refractivity contribution in [3.05, 3.63) is 28.0 Å². The average molecular weight is 383 g/mol. The number of aryl methyl sites for hydroxylation is 1. The van der Waals surface area contributed by atoms with Gasteiger partial charge in [0.05, 0.1) is 5.52 Å². The second kappa shape index (κ2) is 6.89. The standard InChI is InChI=1S/C16H22IN3/c17-16-14-8-3-4-9-15(14)20(18-16)13-7-12-19-10-5-1-2-6-11-19/h3-4,8-9H,1-2,5-7,10-13H2. The van der Waals surface area contributed by atoms with E-state index >= 15 is 0 Å². The lowest BCUT2D eigenvalue weighted by molar-refractivity contribution is 0.274. The molecule has 3 nitrogen and oxygen atoms in total. The maximum absolute atomic E-state index is 4.68. The molecular formula is C16H22IN3. The molecule has 0 aliphatic carbocycles. The molecule has 0 unspecified atom stereocenters. The van der Waals surface area contributed by atoms with Crippen LogP contribution >= 0.6 is 22.6 Å². The molecular weight excluding hydrogens is 361 g/mol. The molecule has 0 amide bonds. The Morgan fingerprint density at radius 2 is 1.75 bits per heavy atom. The van der Waals surface area contributed by atoms with Gasteiger partial charge in [-0.25, -0.2) is 0 Å². The molecule has 1 aliphatic heterocycles. The largest absolute Gasteiger partial charge is 0.303 e. The molecule has 1 saturated heterocycles. The first-order valence-electron chi connectivity index (χ1n) is 7.68. The van der Waals surface area contributed by atoms with Crippen molar-refractivity contribution in [2.45, 2.75) is 38.6 Å². The average Bonchev–Trinajstić information content (AvgIpc) is 2.66. The van der Waals surface area contributed by atoms with Crippen molar-refractivity contribution in [3.63, 3.8) is 0 Å². The molecule has 20 heavy (non-hydrogen) atoms. The number of likely N-dealkylation sites (tertiary alicyclic amines) is 1. The van der Waals surface area contributed by atoms with Crippen molar-refractivity contribution < 1.29 is 0 Å². The van der Waals surface area contributed by atoms with Crippen LogP contribution in [0.25, 0.3) is 10.9 Å². The predicted octanol–water partition coefficient (Wildman–Crippen LogP) is 3.91. The van der Waals surface area contributed by atoms with Crippen LogP contribution in [0.5, 0.6) is 0 Å². The number of benzene rings is 1. The lowest BCUT2D eigenvalue weighted by Crippen LogP contribution is -2.26. The summed E-state index contributed by atoms with van der Waals surface area (Å²) in [4.78, 5) is 2.63. The second-order valence-corrected chi connectivity index (χ2v) is 6.66. The van der Waals surface area contributed by atoms with Crippen molar-refractivity contribution in [3.8, 4) is 0 Å². The lowest BCUT2D eigenvalue weighted by Gasteiger charge is -2.19. The molecule has 2 aromatic rings. The van der Waals surface area contributed by atoms with Crippen molar-refractivity contribution in [1.82, 2.24) is 14.7 Å². The highest BCUT2D eigenvalue weighted by atomic mass is 127. The van der Waals surface area contributed by atoms with E-state index in [0.717, 1.165) is 10.2 Å². The molecule has 0 spiro atoms. The predicted molar refractivity (Wildman–Crippen MR) is 92.0 cm³/mol. The van der Waals surface area contributed by atoms with Gasteiger partial charge in [0.2, 0.25) is 0 Å². The zero-order valence-electron chi connectivity index (χ0n) is 11.9. The summed E-state index contributed by atoms with van der Waals surface area (Å²) in [5.74, 6) is 0. The summed E-state index contributed by atoms with van der Waals surface area (Å²) in [5.41, 5.74) is 1.27. The molecule has 108 valence electrons. The SMILES string of the molecule is Ic1nn(CCCN2CCCCCC2)c2ccccc12. The van der Waals surface area contributed by atoms with Gasteiger partial charge in [0.25, 0.3) is 0 Å². The first-order valence-corrected chi connectivity index (χ1v) is 8.76. The molecule has 0 N–H and O–H groups in total. The number of rotatable bonds is 4. The van der Waals surface area contributed by atoms with E-state index in [4.69, 9.17) is 0 Å². The third-order valence-corrected chi connectivity index (χ3v) is 4.95. The van der Waals surface area contributed by atoms with Crippen molar-refractivity contribution in [1.29, 1.82) is 0 Å². The van der Waals surface area contributed by atoms with Gasteiger partial charge in [-0.1, -0.05) is 31.0 Å². The summed E-state index contributed by atoms with van der Waals surface area (Å²) in [6.07, 6.45) is 6.78. The topological polar surface area (TPSA) is 21.1 Å². The second-order valence-electron chi connectivity index (χ2n) is 5.64. The minimum absolute atomic E-state index is 1.03. The van der Waals surface area contributed by atoms with E-state index in [1.54, 1.807) is 0 Å². The fourth-order valence-electron chi connectivity index (χ4n) is 3.06. The van der Waals surface area contributed by atoms with Gasteiger partial charge in [0.15, 0.2) is 0 Å². The number of halogens is 1. The van der Waals surface area contributed by atoms with Gasteiger partial charge in [-0.05, 0) is 67.6 Å². The van der Waals surface area contributed by atoms with Crippen LogP contribution in [0.1, 0.15) is 32.1 Å². The Balaban J connectivity index is 1.59. The minimum atomic E-state index is 1.03. The van der Waals surface area contributed by atoms with E-state index in [1.165, 1.54) is 62.6 Å². The normalized spacial score (nSPS) is 17.4. The fraction of sp³-hybridized carbons (Fsp3) is 0.562. The highest BCUT2D eigenvalue weighted by Gasteiger charge is 2.10. The first kappa shape index (κ1) is 14.3. The lowest BCUT2D eigenvalue weighted by atomic mass is 10.2. The van der Waals surface area contributed by atoms with E-state index in [2.05, 4.69) is 61.5 Å². The maximum Gasteiger partial charge on any atom is 0.131 e. The molecule has 4 heteroatoms. The Labute approximate surface area is 134 Å². The molecule has 1 aromatic heterocycles. The van der Waals surface area contributed by atoms with Gasteiger partial charge in [-0.15, -0.1) is 0 Å². The smallest absolute Gasteiger partial charge is 0.131 e. The number of aromatic nitrogens is 2. The Morgan fingerprint density at radius 1 is 1.00 bits per heavy atom. The molecule has 3 rings (SSSR count). The van der Waals surface area contributed by atoms with Crippen LogP contribution in [0.15, 0.2) is 24.3 Å². The van der Waals surface area contributed by atoms with Gasteiger partial charge >= 0.3 is 0 Å². The third kappa shape index (κ3) is 3.34. The van der Waals surface area contributed by atoms with Gasteiger partial charge < -0.3 is 4.90 Å². The van der Waals surface area contributed by atoms with Crippen LogP contribution in [-0.4, -0.2) is 34.3 Å². The van der Waals surface area contributed by atoms with Crippen molar-refractivity contribution in [2.75, 3.05) is 19.6 Å². The molecule has 0 atom stereocenters. The molecule has 1 aliphatic rings. The summed E-state index contributed by atoms with van der Waals surface area (Å²) in [5, 5.41) is 5.96. The van der Waals surface area contributed by atoms with E-state index < -0.39 is 0 Å². The number of hydrogen-bond acceptors (Lipinski definition) is 2. The monoisotopic (exact) mass is 383 g/mol. The Hall–Kier alpha value is -0.620. The van der Waals surface area contributed by atoms with Crippen LogP contribution in [-0.2, 0) is 6.54 Å². The van der Waals surface area contributed by atoms with E-state index in [-0.39, 0.29) is 0 Å². The minimum Gasteiger partial charge on any atom is -0.303 e. The fourth-order valence-corrected chi connectivity index (χ4v) is 3.78. The number of para-hydroxylation sites is 1. The van der Waals surface area contributed by atoms with Gasteiger partial charge in [0, 0.05) is 11.9 Å². The third-order valence-electron chi connectivity index (χ3n) is 4.16. The highest BCUT2D eigenvalue weighted by Crippen LogP contribution is 2.20. The van der Waals surface area contributed by atoms with Crippen molar-refractivity contribution >= 4 is 33.5 Å². The van der Waals surface area contributed by atoms with Gasteiger partial charge in [-0.2, -0.15) is 5.10 Å². The first-order chi connectivity index (χ1) is 9.84. The summed E-state index contributed by atoms with van der Waals surface area (Å²) in [6, 6.07) is 8.53. The summed E-state index contributed by atoms with van der Waals surface area (Å²) in [6.45, 7) is 4.82. The summed E-state index contributed by atoms with van der Waals surface area (Å²) < 4.78 is 3.29. The van der Waals surface area contributed by atoms with Crippen LogP contribution in [0, 0.1) is 3.70 Å². The quantitative estimate of drug-likeness (QED) is 0.747. The number of hydrogen-bond donors (Lipinski definition) is 0. The van der Waals surface area contributed by atoms with Crippen LogP contribution in [0.3, 0.4) is 0 Å². The highest BCUT2D eigenvalue weighted by molar-refractivity contribution is 14.1. The van der Waals surface area contributed by atoms with Crippen LogP contribution in [0.4, 0.5) is 0 Å². The van der Waals surface area contributed by atoms with E-state index in [1.807, 2.05) is 0 Å². The molecule has 2 heterocycles. The van der Waals surface area contributed by atoms with E-state index in [9.17, 15) is 0 Å². The molecule has 1 fully saturated rings.